The van der Waals surface area contributed by atoms with Gasteiger partial charge in [0.15, 0.2) is 11.5 Å². The number of benzene rings is 1. The summed E-state index contributed by atoms with van der Waals surface area (Å²) in [5, 5.41) is 2.84. The maximum absolute atomic E-state index is 12.5. The molecule has 1 amide bonds. The van der Waals surface area contributed by atoms with Crippen LogP contribution in [0.5, 0.6) is 0 Å². The molecule has 0 aliphatic rings. The fourth-order valence-electron chi connectivity index (χ4n) is 2.29. The number of hydrogen-bond donors (Lipinski definition) is 1. The van der Waals surface area contributed by atoms with E-state index in [-0.39, 0.29) is 5.91 Å². The average molecular weight is 370 g/mol. The van der Waals surface area contributed by atoms with Crippen LogP contribution in [0.1, 0.15) is 50.0 Å². The van der Waals surface area contributed by atoms with Crippen LogP contribution in [0.25, 0.3) is 0 Å². The molecule has 1 aromatic rings. The third-order valence-corrected chi connectivity index (χ3v) is 4.16. The zero-order valence-electron chi connectivity index (χ0n) is 17.2. The molecule has 5 heteroatoms. The number of ether oxygens (including phenoxy) is 2. The Morgan fingerprint density at radius 1 is 1.22 bits per heavy atom. The number of nitrogens with zero attached hydrogens (tertiary/aromatic N) is 1. The molecule has 1 rings (SSSR count). The minimum Gasteiger partial charge on any atom is -0.493 e. The Labute approximate surface area is 162 Å². The zero-order valence-corrected chi connectivity index (χ0v) is 17.2. The fraction of sp³-hybridized carbons (Fsp3) is 0.364. The molecule has 0 heterocycles. The van der Waals surface area contributed by atoms with Crippen molar-refractivity contribution >= 4 is 11.7 Å². The Hall–Kier alpha value is -2.82. The first-order valence-corrected chi connectivity index (χ1v) is 9.00. The lowest BCUT2D eigenvalue weighted by Gasteiger charge is -2.11. The van der Waals surface area contributed by atoms with Gasteiger partial charge in [-0.3, -0.25) is 4.79 Å². The number of aryl methyl sites for hydroxylation is 1. The Bertz CT molecular complexity index is 774. The van der Waals surface area contributed by atoms with Crippen LogP contribution in [0.3, 0.4) is 0 Å². The van der Waals surface area contributed by atoms with Gasteiger partial charge in [0.25, 0.3) is 5.91 Å². The van der Waals surface area contributed by atoms with Crippen molar-refractivity contribution in [1.29, 1.82) is 0 Å². The highest BCUT2D eigenvalue weighted by Gasteiger charge is 2.09. The number of carbonyl (C=O) groups is 1. The number of methoxy groups -OCH3 is 2. The van der Waals surface area contributed by atoms with Crippen molar-refractivity contribution < 1.29 is 14.3 Å². The standard InChI is InChI=1S/C22H30N2O3/c1-8-15(3)20(14-21(27-7)16(4)26-6)23-17(5)24-22(25)19-12-10-11-18(9-2)13-19/h10-14H,4,8-9H2,1-3,5-7H3,(H,23,24,25)/b20-15+,21-14+. The van der Waals surface area contributed by atoms with Crippen LogP contribution in [0.15, 0.2) is 64.7 Å². The van der Waals surface area contributed by atoms with E-state index in [9.17, 15) is 4.79 Å². The van der Waals surface area contributed by atoms with E-state index in [0.29, 0.717) is 28.6 Å². The van der Waals surface area contributed by atoms with E-state index in [1.807, 2.05) is 32.0 Å². The molecule has 0 saturated carbocycles. The number of nitrogens with one attached hydrogen (secondary N) is 1. The molecule has 1 N–H and O–H groups in total. The summed E-state index contributed by atoms with van der Waals surface area (Å²) in [7, 11) is 3.08. The number of amides is 1. The van der Waals surface area contributed by atoms with Crippen molar-refractivity contribution in [2.75, 3.05) is 14.2 Å². The van der Waals surface area contributed by atoms with Crippen LogP contribution in [0, 0.1) is 0 Å². The second-order valence-corrected chi connectivity index (χ2v) is 6.06. The van der Waals surface area contributed by atoms with Gasteiger partial charge < -0.3 is 14.8 Å². The first-order chi connectivity index (χ1) is 12.9. The van der Waals surface area contributed by atoms with Gasteiger partial charge in [0.2, 0.25) is 0 Å². The van der Waals surface area contributed by atoms with Crippen LogP contribution in [-0.4, -0.2) is 26.0 Å². The molecule has 0 aromatic heterocycles. The molecule has 0 atom stereocenters. The average Bonchev–Trinajstić information content (AvgIpc) is 2.69. The van der Waals surface area contributed by atoms with E-state index in [1.54, 1.807) is 26.2 Å². The number of hydrogen-bond acceptors (Lipinski definition) is 4. The molecule has 0 radical (unpaired) electrons. The maximum atomic E-state index is 12.5. The summed E-state index contributed by atoms with van der Waals surface area (Å²) in [5.41, 5.74) is 3.48. The summed E-state index contributed by atoms with van der Waals surface area (Å²) in [4.78, 5) is 17.1. The SMILES string of the molecule is C=C(OC)\C(=C/C(/N=C(\C)NC(=O)c1cccc(CC)c1)=C(/C)CC)OC. The second-order valence-electron chi connectivity index (χ2n) is 6.06. The van der Waals surface area contributed by atoms with Gasteiger partial charge in [-0.2, -0.15) is 0 Å². The van der Waals surface area contributed by atoms with E-state index in [4.69, 9.17) is 9.47 Å². The smallest absolute Gasteiger partial charge is 0.256 e. The normalized spacial score (nSPS) is 13.0. The largest absolute Gasteiger partial charge is 0.493 e. The number of aliphatic imine (C=N–C) groups is 1. The van der Waals surface area contributed by atoms with Crippen LogP contribution in [-0.2, 0) is 15.9 Å². The quantitative estimate of drug-likeness (QED) is 0.310. The summed E-state index contributed by atoms with van der Waals surface area (Å²) in [6, 6.07) is 7.57. The van der Waals surface area contributed by atoms with E-state index >= 15 is 0 Å². The minimum absolute atomic E-state index is 0.183. The van der Waals surface area contributed by atoms with Crippen molar-refractivity contribution in [2.45, 2.75) is 40.5 Å². The second kappa shape index (κ2) is 11.0. The van der Waals surface area contributed by atoms with Crippen molar-refractivity contribution in [3.8, 4) is 0 Å². The molecule has 5 nitrogen and oxygen atoms in total. The monoisotopic (exact) mass is 370 g/mol. The van der Waals surface area contributed by atoms with Gasteiger partial charge in [-0.1, -0.05) is 32.6 Å². The molecule has 0 spiro atoms. The van der Waals surface area contributed by atoms with Crippen molar-refractivity contribution in [3.05, 3.63) is 70.8 Å². The zero-order chi connectivity index (χ0) is 20.4. The first-order valence-electron chi connectivity index (χ1n) is 9.00. The molecule has 0 unspecified atom stereocenters. The molecular formula is C22H30N2O3. The summed E-state index contributed by atoms with van der Waals surface area (Å²) in [6.45, 7) is 11.7. The minimum atomic E-state index is -0.183. The lowest BCUT2D eigenvalue weighted by atomic mass is 10.1. The van der Waals surface area contributed by atoms with E-state index in [2.05, 4.69) is 23.8 Å². The highest BCUT2D eigenvalue weighted by atomic mass is 16.5. The molecule has 0 saturated heterocycles. The predicted molar refractivity (Wildman–Crippen MR) is 111 cm³/mol. The molecule has 0 bridgehead atoms. The number of allylic oxidation sites excluding steroid dienone is 2. The highest BCUT2D eigenvalue weighted by Crippen LogP contribution is 2.18. The van der Waals surface area contributed by atoms with E-state index in [1.165, 1.54) is 7.11 Å². The van der Waals surface area contributed by atoms with E-state index in [0.717, 1.165) is 24.0 Å². The molecule has 1 aromatic carbocycles. The molecule has 146 valence electrons. The molecule has 0 fully saturated rings. The van der Waals surface area contributed by atoms with Crippen LogP contribution < -0.4 is 5.32 Å². The van der Waals surface area contributed by atoms with Gasteiger partial charge >= 0.3 is 0 Å². The molecule has 27 heavy (non-hydrogen) atoms. The fourth-order valence-corrected chi connectivity index (χ4v) is 2.29. The number of rotatable bonds is 8. The Kier molecular flexibility index (Phi) is 9.06. The highest BCUT2D eigenvalue weighted by molar-refractivity contribution is 6.06. The van der Waals surface area contributed by atoms with Gasteiger partial charge in [0.1, 0.15) is 5.84 Å². The van der Waals surface area contributed by atoms with Crippen molar-refractivity contribution in [2.24, 2.45) is 4.99 Å². The summed E-state index contributed by atoms with van der Waals surface area (Å²) in [5.74, 6) is 1.21. The van der Waals surface area contributed by atoms with Gasteiger partial charge in [0.05, 0.1) is 19.9 Å². The molecular weight excluding hydrogens is 340 g/mol. The van der Waals surface area contributed by atoms with Crippen LogP contribution in [0.2, 0.25) is 0 Å². The van der Waals surface area contributed by atoms with Crippen LogP contribution >= 0.6 is 0 Å². The molecule has 0 aliphatic carbocycles. The summed E-state index contributed by atoms with van der Waals surface area (Å²) in [6.07, 6.45) is 3.45. The number of amidine groups is 1. The van der Waals surface area contributed by atoms with Gasteiger partial charge in [-0.25, -0.2) is 4.99 Å². The Morgan fingerprint density at radius 2 is 1.93 bits per heavy atom. The summed E-state index contributed by atoms with van der Waals surface area (Å²) < 4.78 is 10.5. The Morgan fingerprint density at radius 3 is 2.48 bits per heavy atom. The lowest BCUT2D eigenvalue weighted by molar-refractivity contribution is 0.0976. The predicted octanol–water partition coefficient (Wildman–Crippen LogP) is 4.77. The maximum Gasteiger partial charge on any atom is 0.256 e. The van der Waals surface area contributed by atoms with E-state index < -0.39 is 0 Å². The van der Waals surface area contributed by atoms with Crippen molar-refractivity contribution in [3.63, 3.8) is 0 Å². The number of carbonyl (C=O) groups excluding carboxylic acids is 1. The van der Waals surface area contributed by atoms with Gasteiger partial charge in [-0.05, 0) is 50.0 Å². The third kappa shape index (κ3) is 6.77. The molecule has 0 aliphatic heterocycles. The topological polar surface area (TPSA) is 59.9 Å². The summed E-state index contributed by atoms with van der Waals surface area (Å²) >= 11 is 0. The first kappa shape index (κ1) is 22.2. The van der Waals surface area contributed by atoms with Gasteiger partial charge in [0, 0.05) is 11.6 Å². The van der Waals surface area contributed by atoms with Crippen LogP contribution in [0.4, 0.5) is 0 Å². The van der Waals surface area contributed by atoms with Gasteiger partial charge in [-0.15, -0.1) is 0 Å². The lowest BCUT2D eigenvalue weighted by Crippen LogP contribution is -2.28. The third-order valence-electron chi connectivity index (χ3n) is 4.16. The Balaban J connectivity index is 3.11. The van der Waals surface area contributed by atoms with Crippen molar-refractivity contribution in [1.82, 2.24) is 5.32 Å².